The molecule has 1 aromatic rings. The van der Waals surface area contributed by atoms with E-state index in [1.807, 2.05) is 0 Å². The summed E-state index contributed by atoms with van der Waals surface area (Å²) in [5.41, 5.74) is 0.219. The summed E-state index contributed by atoms with van der Waals surface area (Å²) < 4.78 is 0. The third kappa shape index (κ3) is 1.58. The molecule has 4 rings (SSSR count). The summed E-state index contributed by atoms with van der Waals surface area (Å²) in [5.74, 6) is 1.53. The molecule has 3 aliphatic carbocycles. The molecular formula is C15H16N2O3. The molecule has 0 radical (unpaired) electrons. The van der Waals surface area contributed by atoms with Crippen LogP contribution in [0.3, 0.4) is 0 Å². The van der Waals surface area contributed by atoms with Crippen LogP contribution in [0.25, 0.3) is 0 Å². The maximum Gasteiger partial charge on any atom is 0.356 e. The Morgan fingerprint density at radius 1 is 1.25 bits per heavy atom. The molecule has 0 aromatic carbocycles. The number of amides is 1. The first-order chi connectivity index (χ1) is 9.66. The first-order valence-electron chi connectivity index (χ1n) is 7.16. The van der Waals surface area contributed by atoms with Gasteiger partial charge in [-0.15, -0.1) is 0 Å². The number of carboxylic acid groups (broad SMARTS) is 1. The number of hydrogen-bond donors (Lipinski definition) is 2. The fraction of sp³-hybridized carbons (Fsp3) is 0.533. The lowest BCUT2D eigenvalue weighted by Gasteiger charge is -2.10. The van der Waals surface area contributed by atoms with Gasteiger partial charge in [-0.05, 0) is 55.1 Å². The lowest BCUT2D eigenvalue weighted by molar-refractivity contribution is -0.118. The molecule has 2 bridgehead atoms. The monoisotopic (exact) mass is 272 g/mol. The van der Waals surface area contributed by atoms with Gasteiger partial charge < -0.3 is 10.4 Å². The summed E-state index contributed by atoms with van der Waals surface area (Å²) in [6, 6.07) is 3.24. The van der Waals surface area contributed by atoms with Gasteiger partial charge in [0.25, 0.3) is 0 Å². The molecule has 1 amide bonds. The number of carbonyl (C=O) groups excluding carboxylic acids is 1. The van der Waals surface area contributed by atoms with Gasteiger partial charge in [-0.1, -0.05) is 0 Å². The van der Waals surface area contributed by atoms with Crippen LogP contribution in [0.15, 0.2) is 18.3 Å². The molecule has 3 saturated carbocycles. The second-order valence-corrected chi connectivity index (χ2v) is 6.21. The van der Waals surface area contributed by atoms with Crippen LogP contribution in [-0.2, 0) is 4.79 Å². The van der Waals surface area contributed by atoms with Crippen molar-refractivity contribution in [3.05, 3.63) is 24.0 Å². The van der Waals surface area contributed by atoms with Crippen molar-refractivity contribution in [2.75, 3.05) is 5.32 Å². The molecule has 20 heavy (non-hydrogen) atoms. The van der Waals surface area contributed by atoms with Crippen molar-refractivity contribution in [3.8, 4) is 0 Å². The Kier molecular flexibility index (Phi) is 2.40. The van der Waals surface area contributed by atoms with Crippen LogP contribution >= 0.6 is 0 Å². The first kappa shape index (κ1) is 11.9. The van der Waals surface area contributed by atoms with Crippen LogP contribution in [0.2, 0.25) is 0 Å². The maximum atomic E-state index is 12.4. The van der Waals surface area contributed by atoms with Crippen molar-refractivity contribution in [3.63, 3.8) is 0 Å². The molecule has 1 heterocycles. The van der Waals surface area contributed by atoms with Gasteiger partial charge in [0, 0.05) is 12.1 Å². The molecule has 0 saturated heterocycles. The zero-order valence-corrected chi connectivity index (χ0v) is 11.0. The minimum absolute atomic E-state index is 0.0212. The lowest BCUT2D eigenvalue weighted by atomic mass is 10.0. The summed E-state index contributed by atoms with van der Waals surface area (Å²) in [5, 5.41) is 11.8. The number of nitrogens with one attached hydrogen (secondary N) is 1. The SMILES string of the molecule is O=C(O)c1ncccc1NC(=O)C1C2C3CCC(C3)C12. The van der Waals surface area contributed by atoms with E-state index in [0.29, 0.717) is 17.5 Å². The van der Waals surface area contributed by atoms with Gasteiger partial charge in [0.2, 0.25) is 5.91 Å². The molecule has 104 valence electrons. The Balaban J connectivity index is 1.51. The minimum atomic E-state index is -1.11. The van der Waals surface area contributed by atoms with Crippen molar-refractivity contribution in [2.24, 2.45) is 29.6 Å². The Morgan fingerprint density at radius 3 is 2.60 bits per heavy atom. The molecule has 2 N–H and O–H groups in total. The number of anilines is 1. The Bertz CT molecular complexity index is 585. The van der Waals surface area contributed by atoms with Crippen LogP contribution in [0.4, 0.5) is 5.69 Å². The number of carbonyl (C=O) groups is 2. The largest absolute Gasteiger partial charge is 0.476 e. The van der Waals surface area contributed by atoms with E-state index in [4.69, 9.17) is 5.11 Å². The second-order valence-electron chi connectivity index (χ2n) is 6.21. The van der Waals surface area contributed by atoms with Gasteiger partial charge in [0.1, 0.15) is 0 Å². The van der Waals surface area contributed by atoms with Crippen LogP contribution in [0.5, 0.6) is 0 Å². The normalized spacial score (nSPS) is 36.5. The quantitative estimate of drug-likeness (QED) is 0.882. The molecule has 0 aliphatic heterocycles. The molecule has 3 fully saturated rings. The van der Waals surface area contributed by atoms with Crippen molar-refractivity contribution in [1.82, 2.24) is 4.98 Å². The van der Waals surface area contributed by atoms with E-state index >= 15 is 0 Å². The number of pyridine rings is 1. The summed E-state index contributed by atoms with van der Waals surface area (Å²) in [7, 11) is 0. The van der Waals surface area contributed by atoms with Gasteiger partial charge in [-0.2, -0.15) is 0 Å². The zero-order chi connectivity index (χ0) is 13.9. The summed E-state index contributed by atoms with van der Waals surface area (Å²) in [6.07, 6.45) is 5.25. The number of rotatable bonds is 3. The number of nitrogens with zero attached hydrogens (tertiary/aromatic N) is 1. The molecular weight excluding hydrogens is 256 g/mol. The van der Waals surface area contributed by atoms with Crippen LogP contribution in [0.1, 0.15) is 29.8 Å². The standard InChI is InChI=1S/C15H16N2O3/c18-14(12-10-7-3-4-8(6-7)11(10)12)17-9-2-1-5-16-13(9)15(19)20/h1-2,5,7-8,10-12H,3-4,6H2,(H,17,18)(H,19,20). The molecule has 4 atom stereocenters. The Morgan fingerprint density at radius 2 is 1.95 bits per heavy atom. The molecule has 0 spiro atoms. The average molecular weight is 272 g/mol. The highest BCUT2D eigenvalue weighted by atomic mass is 16.4. The van der Waals surface area contributed by atoms with Gasteiger partial charge in [-0.3, -0.25) is 4.79 Å². The first-order valence-corrected chi connectivity index (χ1v) is 7.16. The molecule has 5 heteroatoms. The third-order valence-electron chi connectivity index (χ3n) is 5.31. The summed E-state index contributed by atoms with van der Waals surface area (Å²) in [4.78, 5) is 27.2. The van der Waals surface area contributed by atoms with Crippen molar-refractivity contribution in [1.29, 1.82) is 0 Å². The van der Waals surface area contributed by atoms with Gasteiger partial charge >= 0.3 is 5.97 Å². The molecule has 4 unspecified atom stereocenters. The Labute approximate surface area is 116 Å². The number of hydrogen-bond acceptors (Lipinski definition) is 3. The maximum absolute atomic E-state index is 12.4. The van der Waals surface area contributed by atoms with E-state index < -0.39 is 5.97 Å². The van der Waals surface area contributed by atoms with E-state index in [-0.39, 0.29) is 17.5 Å². The van der Waals surface area contributed by atoms with Crippen molar-refractivity contribution in [2.45, 2.75) is 19.3 Å². The Hall–Kier alpha value is -1.91. The molecule has 1 aromatic heterocycles. The number of aromatic carboxylic acids is 1. The smallest absolute Gasteiger partial charge is 0.356 e. The van der Waals surface area contributed by atoms with Gasteiger partial charge in [0.05, 0.1) is 5.69 Å². The van der Waals surface area contributed by atoms with Crippen molar-refractivity contribution < 1.29 is 14.7 Å². The van der Waals surface area contributed by atoms with E-state index in [1.165, 1.54) is 25.5 Å². The van der Waals surface area contributed by atoms with E-state index in [1.54, 1.807) is 12.1 Å². The summed E-state index contributed by atoms with van der Waals surface area (Å²) in [6.45, 7) is 0. The topological polar surface area (TPSA) is 79.3 Å². The van der Waals surface area contributed by atoms with Crippen molar-refractivity contribution >= 4 is 17.6 Å². The van der Waals surface area contributed by atoms with Crippen LogP contribution in [0, 0.1) is 29.6 Å². The van der Waals surface area contributed by atoms with E-state index in [0.717, 1.165) is 11.8 Å². The predicted octanol–water partition coefficient (Wildman–Crippen LogP) is 2.01. The van der Waals surface area contributed by atoms with Gasteiger partial charge in [-0.25, -0.2) is 9.78 Å². The van der Waals surface area contributed by atoms with Crippen LogP contribution < -0.4 is 5.32 Å². The lowest BCUT2D eigenvalue weighted by Crippen LogP contribution is -2.20. The highest BCUT2D eigenvalue weighted by Gasteiger charge is 2.67. The minimum Gasteiger partial charge on any atom is -0.476 e. The fourth-order valence-electron chi connectivity index (χ4n) is 4.57. The van der Waals surface area contributed by atoms with E-state index in [9.17, 15) is 9.59 Å². The van der Waals surface area contributed by atoms with Gasteiger partial charge in [0.15, 0.2) is 5.69 Å². The van der Waals surface area contributed by atoms with Crippen LogP contribution in [-0.4, -0.2) is 22.0 Å². The molecule has 5 nitrogen and oxygen atoms in total. The summed E-state index contributed by atoms with van der Waals surface area (Å²) >= 11 is 0. The third-order valence-corrected chi connectivity index (χ3v) is 5.31. The fourth-order valence-corrected chi connectivity index (χ4v) is 4.57. The second kappa shape index (κ2) is 4.04. The number of aromatic nitrogens is 1. The number of carboxylic acids is 1. The highest BCUT2D eigenvalue weighted by molar-refractivity contribution is 6.01. The average Bonchev–Trinajstić information content (AvgIpc) is 2.88. The predicted molar refractivity (Wildman–Crippen MR) is 71.1 cm³/mol. The molecule has 3 aliphatic rings. The van der Waals surface area contributed by atoms with E-state index in [2.05, 4.69) is 10.3 Å². The highest BCUT2D eigenvalue weighted by Crippen LogP contribution is 2.69. The zero-order valence-electron chi connectivity index (χ0n) is 11.0. The number of fused-ring (bicyclic) bond motifs is 5.